The van der Waals surface area contributed by atoms with Gasteiger partial charge in [0.25, 0.3) is 5.56 Å². The molecular formula is C26H21FN4O2S. The third kappa shape index (κ3) is 4.20. The van der Waals surface area contributed by atoms with Gasteiger partial charge >= 0.3 is 0 Å². The number of rotatable bonds is 6. The SMILES string of the molecule is CSc1cccc(NC(=O)Cn2c3ccc(F)cc3c3ncn(Cc4ccccc4)c(=O)c32)c1. The van der Waals surface area contributed by atoms with Crippen molar-refractivity contribution in [3.63, 3.8) is 0 Å². The summed E-state index contributed by atoms with van der Waals surface area (Å²) in [7, 11) is 0. The van der Waals surface area contributed by atoms with Gasteiger partial charge in [-0.05, 0) is 48.2 Å². The van der Waals surface area contributed by atoms with E-state index in [2.05, 4.69) is 10.3 Å². The van der Waals surface area contributed by atoms with Crippen molar-refractivity contribution < 1.29 is 9.18 Å². The minimum atomic E-state index is -0.430. The lowest BCUT2D eigenvalue weighted by molar-refractivity contribution is -0.116. The molecule has 2 heterocycles. The minimum Gasteiger partial charge on any atom is -0.325 e. The molecule has 0 aliphatic heterocycles. The van der Waals surface area contributed by atoms with E-state index in [0.29, 0.717) is 28.7 Å². The summed E-state index contributed by atoms with van der Waals surface area (Å²) < 4.78 is 17.2. The van der Waals surface area contributed by atoms with Crippen LogP contribution in [-0.4, -0.2) is 26.3 Å². The van der Waals surface area contributed by atoms with E-state index in [1.807, 2.05) is 60.9 Å². The van der Waals surface area contributed by atoms with Gasteiger partial charge in [-0.25, -0.2) is 9.37 Å². The lowest BCUT2D eigenvalue weighted by Gasteiger charge is -2.10. The Balaban J connectivity index is 1.59. The molecule has 0 bridgehead atoms. The van der Waals surface area contributed by atoms with Gasteiger partial charge in [-0.2, -0.15) is 0 Å². The molecule has 3 aromatic carbocycles. The van der Waals surface area contributed by atoms with Gasteiger partial charge in [0.2, 0.25) is 5.91 Å². The van der Waals surface area contributed by atoms with E-state index in [4.69, 9.17) is 0 Å². The van der Waals surface area contributed by atoms with Gasteiger partial charge in [-0.15, -0.1) is 11.8 Å². The predicted molar refractivity (Wildman–Crippen MR) is 134 cm³/mol. The average molecular weight is 473 g/mol. The summed E-state index contributed by atoms with van der Waals surface area (Å²) in [5.74, 6) is -0.723. The Morgan fingerprint density at radius 1 is 1.06 bits per heavy atom. The lowest BCUT2D eigenvalue weighted by Crippen LogP contribution is -2.25. The van der Waals surface area contributed by atoms with Crippen molar-refractivity contribution in [1.29, 1.82) is 0 Å². The van der Waals surface area contributed by atoms with Gasteiger partial charge in [-0.1, -0.05) is 36.4 Å². The summed E-state index contributed by atoms with van der Waals surface area (Å²) in [5.41, 5.74) is 2.55. The number of anilines is 1. The van der Waals surface area contributed by atoms with Gasteiger partial charge in [0.05, 0.1) is 18.4 Å². The van der Waals surface area contributed by atoms with Crippen LogP contribution in [0, 0.1) is 5.82 Å². The van der Waals surface area contributed by atoms with E-state index in [-0.39, 0.29) is 23.5 Å². The van der Waals surface area contributed by atoms with Crippen LogP contribution in [0.1, 0.15) is 5.56 Å². The monoisotopic (exact) mass is 472 g/mol. The molecule has 5 aromatic rings. The van der Waals surface area contributed by atoms with Crippen molar-refractivity contribution in [3.05, 3.63) is 101 Å². The average Bonchev–Trinajstić information content (AvgIpc) is 3.14. The quantitative estimate of drug-likeness (QED) is 0.357. The van der Waals surface area contributed by atoms with Crippen molar-refractivity contribution in [1.82, 2.24) is 14.1 Å². The molecule has 0 unspecified atom stereocenters. The first kappa shape index (κ1) is 21.9. The number of thioether (sulfide) groups is 1. The number of hydrogen-bond donors (Lipinski definition) is 1. The molecule has 170 valence electrons. The van der Waals surface area contributed by atoms with E-state index >= 15 is 0 Å². The van der Waals surface area contributed by atoms with Gasteiger partial charge < -0.3 is 9.88 Å². The molecule has 6 nitrogen and oxygen atoms in total. The zero-order chi connectivity index (χ0) is 23.7. The van der Waals surface area contributed by atoms with Crippen molar-refractivity contribution in [2.24, 2.45) is 0 Å². The Bertz CT molecular complexity index is 1580. The van der Waals surface area contributed by atoms with Crippen LogP contribution < -0.4 is 10.9 Å². The van der Waals surface area contributed by atoms with Gasteiger partial charge in [0.1, 0.15) is 23.4 Å². The Morgan fingerprint density at radius 3 is 2.68 bits per heavy atom. The fraction of sp³-hybridized carbons (Fsp3) is 0.115. The molecule has 0 spiro atoms. The fourth-order valence-electron chi connectivity index (χ4n) is 4.07. The number of benzene rings is 3. The molecule has 0 saturated heterocycles. The number of carbonyl (C=O) groups excluding carboxylic acids is 1. The maximum atomic E-state index is 14.1. The van der Waals surface area contributed by atoms with Crippen molar-refractivity contribution in [2.75, 3.05) is 11.6 Å². The Morgan fingerprint density at radius 2 is 1.88 bits per heavy atom. The zero-order valence-corrected chi connectivity index (χ0v) is 19.2. The molecule has 1 N–H and O–H groups in total. The normalized spacial score (nSPS) is 11.2. The van der Waals surface area contributed by atoms with Crippen LogP contribution in [0.15, 0.2) is 88.8 Å². The van der Waals surface area contributed by atoms with Crippen LogP contribution in [0.2, 0.25) is 0 Å². The molecule has 34 heavy (non-hydrogen) atoms. The molecule has 0 aliphatic carbocycles. The fourth-order valence-corrected chi connectivity index (χ4v) is 4.53. The molecule has 1 amide bonds. The number of halogens is 1. The molecule has 0 saturated carbocycles. The van der Waals surface area contributed by atoms with Crippen LogP contribution in [0.4, 0.5) is 10.1 Å². The molecule has 8 heteroatoms. The van der Waals surface area contributed by atoms with Crippen LogP contribution in [0.25, 0.3) is 21.9 Å². The molecule has 0 atom stereocenters. The highest BCUT2D eigenvalue weighted by atomic mass is 32.2. The second kappa shape index (κ2) is 9.15. The van der Waals surface area contributed by atoms with Crippen molar-refractivity contribution >= 4 is 45.3 Å². The van der Waals surface area contributed by atoms with E-state index in [1.54, 1.807) is 22.4 Å². The van der Waals surface area contributed by atoms with Gasteiger partial charge in [0, 0.05) is 16.0 Å². The summed E-state index contributed by atoms with van der Waals surface area (Å²) in [6.45, 7) is 0.230. The number of fused-ring (bicyclic) bond motifs is 3. The smallest absolute Gasteiger partial charge is 0.278 e. The number of carbonyl (C=O) groups is 1. The second-order valence-electron chi connectivity index (χ2n) is 7.89. The maximum Gasteiger partial charge on any atom is 0.278 e. The lowest BCUT2D eigenvalue weighted by atomic mass is 10.2. The van der Waals surface area contributed by atoms with E-state index < -0.39 is 5.82 Å². The summed E-state index contributed by atoms with van der Waals surface area (Å²) in [4.78, 5) is 32.0. The highest BCUT2D eigenvalue weighted by Gasteiger charge is 2.19. The third-order valence-corrected chi connectivity index (χ3v) is 6.36. The number of hydrogen-bond acceptors (Lipinski definition) is 4. The Labute approximate surface area is 199 Å². The maximum absolute atomic E-state index is 14.1. The van der Waals surface area contributed by atoms with Gasteiger partial charge in [-0.3, -0.25) is 14.2 Å². The van der Waals surface area contributed by atoms with Gasteiger partial charge in [0.15, 0.2) is 0 Å². The number of amides is 1. The predicted octanol–water partition coefficient (Wildman–Crippen LogP) is 4.90. The molecule has 0 fully saturated rings. The summed E-state index contributed by atoms with van der Waals surface area (Å²) >= 11 is 1.58. The van der Waals surface area contributed by atoms with Crippen LogP contribution in [0.3, 0.4) is 0 Å². The number of aromatic nitrogens is 3. The summed E-state index contributed by atoms with van der Waals surface area (Å²) in [5, 5.41) is 3.39. The summed E-state index contributed by atoms with van der Waals surface area (Å²) in [6, 6.07) is 21.4. The van der Waals surface area contributed by atoms with E-state index in [1.165, 1.54) is 23.0 Å². The first-order chi connectivity index (χ1) is 16.5. The largest absolute Gasteiger partial charge is 0.325 e. The van der Waals surface area contributed by atoms with Crippen molar-refractivity contribution in [2.45, 2.75) is 18.0 Å². The Hall–Kier alpha value is -3.91. The third-order valence-electron chi connectivity index (χ3n) is 5.64. The topological polar surface area (TPSA) is 68.9 Å². The minimum absolute atomic E-state index is 0.110. The van der Waals surface area contributed by atoms with Crippen molar-refractivity contribution in [3.8, 4) is 0 Å². The molecular weight excluding hydrogens is 451 g/mol. The van der Waals surface area contributed by atoms with E-state index in [0.717, 1.165) is 10.5 Å². The molecule has 5 rings (SSSR count). The Kier molecular flexibility index (Phi) is 5.90. The zero-order valence-electron chi connectivity index (χ0n) is 18.4. The first-order valence-electron chi connectivity index (χ1n) is 10.7. The first-order valence-corrected chi connectivity index (χ1v) is 11.9. The van der Waals surface area contributed by atoms with Crippen LogP contribution in [-0.2, 0) is 17.9 Å². The number of nitrogens with one attached hydrogen (secondary N) is 1. The highest BCUT2D eigenvalue weighted by molar-refractivity contribution is 7.98. The molecule has 0 radical (unpaired) electrons. The number of nitrogens with zero attached hydrogens (tertiary/aromatic N) is 3. The van der Waals surface area contributed by atoms with E-state index in [9.17, 15) is 14.0 Å². The molecule has 2 aromatic heterocycles. The van der Waals surface area contributed by atoms with Crippen LogP contribution in [0.5, 0.6) is 0 Å². The standard InChI is InChI=1S/C26H21FN4O2S/c1-34-20-9-5-8-19(13-20)29-23(32)15-31-22-11-10-18(27)12-21(22)24-25(31)26(33)30(16-28-24)14-17-6-3-2-4-7-17/h2-13,16H,14-15H2,1H3,(H,29,32). The van der Waals surface area contributed by atoms with Crippen LogP contribution >= 0.6 is 11.8 Å². The highest BCUT2D eigenvalue weighted by Crippen LogP contribution is 2.27. The molecule has 0 aliphatic rings. The summed E-state index contributed by atoms with van der Waals surface area (Å²) in [6.07, 6.45) is 3.44. The second-order valence-corrected chi connectivity index (χ2v) is 8.77.